The van der Waals surface area contributed by atoms with Crippen molar-refractivity contribution in [2.24, 2.45) is 0 Å². The van der Waals surface area contributed by atoms with E-state index in [1.165, 1.54) is 0 Å². The molecule has 1 unspecified atom stereocenters. The molecule has 1 fully saturated rings. The maximum absolute atomic E-state index is 12.4. The zero-order valence-corrected chi connectivity index (χ0v) is 15.7. The van der Waals surface area contributed by atoms with Gasteiger partial charge in [-0.25, -0.2) is 0 Å². The SMILES string of the molecule is CC(Oc1cccc(Cl)c1Cl)C(=O)Nc1cccc(N2CCCC2=O)c1. The number of benzene rings is 2. The van der Waals surface area contributed by atoms with Crippen LogP contribution in [0.4, 0.5) is 11.4 Å². The van der Waals surface area contributed by atoms with Crippen molar-refractivity contribution in [3.8, 4) is 5.75 Å². The van der Waals surface area contributed by atoms with Gasteiger partial charge in [0.25, 0.3) is 5.91 Å². The third-order valence-electron chi connectivity index (χ3n) is 4.09. The number of ether oxygens (including phenoxy) is 1. The number of nitrogens with one attached hydrogen (secondary N) is 1. The van der Waals surface area contributed by atoms with Crippen LogP contribution in [0.3, 0.4) is 0 Å². The monoisotopic (exact) mass is 392 g/mol. The number of halogens is 2. The van der Waals surface area contributed by atoms with E-state index in [1.807, 2.05) is 6.07 Å². The lowest BCUT2D eigenvalue weighted by Gasteiger charge is -2.18. The van der Waals surface area contributed by atoms with Gasteiger partial charge in [-0.15, -0.1) is 0 Å². The Hall–Kier alpha value is -2.24. The van der Waals surface area contributed by atoms with Gasteiger partial charge in [-0.3, -0.25) is 9.59 Å². The second-order valence-electron chi connectivity index (χ2n) is 6.00. The van der Waals surface area contributed by atoms with Crippen molar-refractivity contribution in [3.05, 3.63) is 52.5 Å². The van der Waals surface area contributed by atoms with Crippen LogP contribution in [0.25, 0.3) is 0 Å². The fourth-order valence-corrected chi connectivity index (χ4v) is 3.07. The average molecular weight is 393 g/mol. The third kappa shape index (κ3) is 4.11. The molecule has 136 valence electrons. The van der Waals surface area contributed by atoms with E-state index in [2.05, 4.69) is 5.32 Å². The van der Waals surface area contributed by atoms with Gasteiger partial charge in [0.15, 0.2) is 6.10 Å². The van der Waals surface area contributed by atoms with E-state index in [9.17, 15) is 9.59 Å². The Balaban J connectivity index is 1.67. The Morgan fingerprint density at radius 2 is 2.00 bits per heavy atom. The first-order valence-electron chi connectivity index (χ1n) is 8.27. The summed E-state index contributed by atoms with van der Waals surface area (Å²) in [5.41, 5.74) is 1.37. The molecule has 7 heteroatoms. The molecule has 1 atom stereocenters. The van der Waals surface area contributed by atoms with E-state index in [-0.39, 0.29) is 16.8 Å². The molecule has 2 amide bonds. The molecule has 1 aliphatic rings. The van der Waals surface area contributed by atoms with Gasteiger partial charge in [0.2, 0.25) is 5.91 Å². The van der Waals surface area contributed by atoms with Gasteiger partial charge >= 0.3 is 0 Å². The van der Waals surface area contributed by atoms with E-state index < -0.39 is 6.10 Å². The first kappa shape index (κ1) is 18.5. The van der Waals surface area contributed by atoms with Gasteiger partial charge in [-0.05, 0) is 43.7 Å². The normalized spacial score (nSPS) is 15.0. The van der Waals surface area contributed by atoms with Crippen LogP contribution in [0.2, 0.25) is 10.0 Å². The molecule has 0 aliphatic carbocycles. The van der Waals surface area contributed by atoms with Crippen LogP contribution < -0.4 is 15.0 Å². The molecule has 0 saturated carbocycles. The summed E-state index contributed by atoms with van der Waals surface area (Å²) in [7, 11) is 0. The average Bonchev–Trinajstić information content (AvgIpc) is 3.05. The van der Waals surface area contributed by atoms with Crippen LogP contribution in [0.5, 0.6) is 5.75 Å². The lowest BCUT2D eigenvalue weighted by molar-refractivity contribution is -0.122. The molecule has 0 radical (unpaired) electrons. The molecule has 1 heterocycles. The number of amides is 2. The van der Waals surface area contributed by atoms with Crippen molar-refractivity contribution in [2.75, 3.05) is 16.8 Å². The van der Waals surface area contributed by atoms with Crippen LogP contribution in [-0.4, -0.2) is 24.5 Å². The summed E-state index contributed by atoms with van der Waals surface area (Å²) in [6.45, 7) is 2.32. The smallest absolute Gasteiger partial charge is 0.265 e. The number of anilines is 2. The molecular weight excluding hydrogens is 375 g/mol. The third-order valence-corrected chi connectivity index (χ3v) is 4.89. The molecule has 1 N–H and O–H groups in total. The van der Waals surface area contributed by atoms with Crippen molar-refractivity contribution >= 4 is 46.4 Å². The van der Waals surface area contributed by atoms with Crippen molar-refractivity contribution in [3.63, 3.8) is 0 Å². The van der Waals surface area contributed by atoms with Crippen LogP contribution >= 0.6 is 23.2 Å². The van der Waals surface area contributed by atoms with E-state index in [4.69, 9.17) is 27.9 Å². The highest BCUT2D eigenvalue weighted by atomic mass is 35.5. The topological polar surface area (TPSA) is 58.6 Å². The highest BCUT2D eigenvalue weighted by Crippen LogP contribution is 2.32. The molecule has 26 heavy (non-hydrogen) atoms. The Labute approximate surface area is 161 Å². The molecule has 3 rings (SSSR count). The molecular formula is C19H18Cl2N2O3. The molecule has 0 spiro atoms. The molecule has 2 aromatic rings. The van der Waals surface area contributed by atoms with Gasteiger partial charge in [-0.1, -0.05) is 35.3 Å². The van der Waals surface area contributed by atoms with Crippen molar-refractivity contribution in [2.45, 2.75) is 25.9 Å². The van der Waals surface area contributed by atoms with Crippen molar-refractivity contribution in [1.82, 2.24) is 0 Å². The lowest BCUT2D eigenvalue weighted by Crippen LogP contribution is -2.30. The maximum atomic E-state index is 12.4. The van der Waals surface area contributed by atoms with Crippen LogP contribution in [-0.2, 0) is 9.59 Å². The van der Waals surface area contributed by atoms with Crippen molar-refractivity contribution in [1.29, 1.82) is 0 Å². The Morgan fingerprint density at radius 1 is 1.23 bits per heavy atom. The minimum atomic E-state index is -0.775. The van der Waals surface area contributed by atoms with Crippen LogP contribution in [0, 0.1) is 0 Å². The minimum absolute atomic E-state index is 0.0979. The van der Waals surface area contributed by atoms with Gasteiger partial charge < -0.3 is 15.0 Å². The zero-order chi connectivity index (χ0) is 18.7. The fraction of sp³-hybridized carbons (Fsp3) is 0.263. The Bertz CT molecular complexity index is 841. The number of nitrogens with zero attached hydrogens (tertiary/aromatic N) is 1. The Kier molecular flexibility index (Phi) is 5.69. The van der Waals surface area contributed by atoms with Crippen molar-refractivity contribution < 1.29 is 14.3 Å². The number of carbonyl (C=O) groups is 2. The first-order valence-corrected chi connectivity index (χ1v) is 9.03. The van der Waals surface area contributed by atoms with Gasteiger partial charge in [0.1, 0.15) is 10.8 Å². The van der Waals surface area contributed by atoms with Crippen LogP contribution in [0.1, 0.15) is 19.8 Å². The molecule has 0 bridgehead atoms. The molecule has 1 saturated heterocycles. The molecule has 5 nitrogen and oxygen atoms in total. The van der Waals surface area contributed by atoms with E-state index in [1.54, 1.807) is 48.2 Å². The minimum Gasteiger partial charge on any atom is -0.479 e. The number of rotatable bonds is 5. The summed E-state index contributed by atoms with van der Waals surface area (Å²) in [5, 5.41) is 3.42. The standard InChI is InChI=1S/C19H18Cl2N2O3/c1-12(26-16-8-3-7-15(20)18(16)21)19(25)22-13-5-2-6-14(11-13)23-10-4-9-17(23)24/h2-3,5-8,11-12H,4,9-10H2,1H3,(H,22,25). The van der Waals surface area contributed by atoms with Crippen LogP contribution in [0.15, 0.2) is 42.5 Å². The summed E-state index contributed by atoms with van der Waals surface area (Å²) in [4.78, 5) is 26.0. The fourth-order valence-electron chi connectivity index (χ4n) is 2.74. The van der Waals surface area contributed by atoms with E-state index in [0.29, 0.717) is 29.4 Å². The summed E-state index contributed by atoms with van der Waals surface area (Å²) >= 11 is 12.0. The largest absolute Gasteiger partial charge is 0.479 e. The number of carbonyl (C=O) groups excluding carboxylic acids is 2. The molecule has 2 aromatic carbocycles. The summed E-state index contributed by atoms with van der Waals surface area (Å²) in [6, 6.07) is 12.2. The highest BCUT2D eigenvalue weighted by molar-refractivity contribution is 6.42. The first-order chi connectivity index (χ1) is 12.5. The highest BCUT2D eigenvalue weighted by Gasteiger charge is 2.22. The maximum Gasteiger partial charge on any atom is 0.265 e. The quantitative estimate of drug-likeness (QED) is 0.812. The van der Waals surface area contributed by atoms with Gasteiger partial charge in [-0.2, -0.15) is 0 Å². The Morgan fingerprint density at radius 3 is 2.73 bits per heavy atom. The predicted octanol–water partition coefficient (Wildman–Crippen LogP) is 4.53. The molecule has 1 aliphatic heterocycles. The predicted molar refractivity (Wildman–Crippen MR) is 103 cm³/mol. The number of hydrogen-bond donors (Lipinski definition) is 1. The zero-order valence-electron chi connectivity index (χ0n) is 14.2. The number of hydrogen-bond acceptors (Lipinski definition) is 3. The summed E-state index contributed by atoms with van der Waals surface area (Å²) in [5.74, 6) is 0.116. The van der Waals surface area contributed by atoms with Gasteiger partial charge in [0, 0.05) is 24.3 Å². The van der Waals surface area contributed by atoms with Gasteiger partial charge in [0.05, 0.1) is 5.02 Å². The summed E-state index contributed by atoms with van der Waals surface area (Å²) < 4.78 is 5.61. The second kappa shape index (κ2) is 7.98. The second-order valence-corrected chi connectivity index (χ2v) is 6.79. The van der Waals surface area contributed by atoms with E-state index in [0.717, 1.165) is 12.1 Å². The molecule has 0 aromatic heterocycles. The van der Waals surface area contributed by atoms with E-state index >= 15 is 0 Å². The lowest BCUT2D eigenvalue weighted by atomic mass is 10.2. The summed E-state index contributed by atoms with van der Waals surface area (Å²) in [6.07, 6.45) is 0.630.